The van der Waals surface area contributed by atoms with Crippen molar-refractivity contribution < 1.29 is 26.1 Å². The molecule has 0 bridgehead atoms. The first kappa shape index (κ1) is 20.9. The number of hydrogen-bond acceptors (Lipinski definition) is 3. The maximum Gasteiger partial charge on any atom is 0.389 e. The zero-order valence-corrected chi connectivity index (χ0v) is 13.1. The molecule has 0 fully saturated rings. The Labute approximate surface area is 129 Å². The van der Waals surface area contributed by atoms with Crippen molar-refractivity contribution in [2.75, 3.05) is 5.75 Å². The van der Waals surface area contributed by atoms with Gasteiger partial charge in [-0.2, -0.15) is 21.6 Å². The van der Waals surface area contributed by atoms with Crippen LogP contribution in [0.4, 0.5) is 13.2 Å². The van der Waals surface area contributed by atoms with Crippen molar-refractivity contribution in [3.63, 3.8) is 0 Å². The zero-order valence-electron chi connectivity index (χ0n) is 12.3. The molecule has 0 unspecified atom stereocenters. The smallest absolute Gasteiger partial charge is 0.286 e. The quantitative estimate of drug-likeness (QED) is 0.567. The molecule has 0 radical (unpaired) electrons. The van der Waals surface area contributed by atoms with Crippen LogP contribution in [0.5, 0.6) is 0 Å². The molecule has 8 heteroatoms. The van der Waals surface area contributed by atoms with Crippen LogP contribution in [0.15, 0.2) is 30.6 Å². The fourth-order valence-electron chi connectivity index (χ4n) is 1.63. The number of halogens is 3. The Morgan fingerprint density at radius 1 is 0.864 bits per heavy atom. The summed E-state index contributed by atoms with van der Waals surface area (Å²) >= 11 is 0. The number of aromatic nitrogens is 1. The largest absolute Gasteiger partial charge is 0.389 e. The number of alkyl halides is 3. The molecule has 22 heavy (non-hydrogen) atoms. The first-order valence-electron chi connectivity index (χ1n) is 7.07. The van der Waals surface area contributed by atoms with Crippen LogP contribution in [0.2, 0.25) is 0 Å². The average Bonchev–Trinajstić information content (AvgIpc) is 2.42. The Bertz CT molecular complexity index is 437. The zero-order chi connectivity index (χ0) is 16.9. The average molecular weight is 341 g/mol. The van der Waals surface area contributed by atoms with E-state index in [1.807, 2.05) is 18.2 Å². The molecule has 0 aliphatic carbocycles. The van der Waals surface area contributed by atoms with Crippen molar-refractivity contribution in [3.8, 4) is 0 Å². The summed E-state index contributed by atoms with van der Waals surface area (Å²) in [6.07, 6.45) is 1.65. The summed E-state index contributed by atoms with van der Waals surface area (Å²) in [5.74, 6) is -0.268. The van der Waals surface area contributed by atoms with Crippen LogP contribution in [-0.4, -0.2) is 29.9 Å². The van der Waals surface area contributed by atoms with Crippen LogP contribution in [-0.2, 0) is 10.1 Å². The Morgan fingerprint density at radius 3 is 1.73 bits per heavy atom. The van der Waals surface area contributed by atoms with E-state index in [0.717, 1.165) is 0 Å². The molecule has 0 atom stereocenters. The summed E-state index contributed by atoms with van der Waals surface area (Å²) in [4.78, 5) is 3.78. The van der Waals surface area contributed by atoms with Gasteiger partial charge in [-0.05, 0) is 25.0 Å². The highest BCUT2D eigenvalue weighted by Crippen LogP contribution is 2.23. The Hall–Kier alpha value is -1.15. The normalized spacial score (nSPS) is 11.6. The molecule has 0 saturated carbocycles. The topological polar surface area (TPSA) is 67.3 Å². The third-order valence-corrected chi connectivity index (χ3v) is 3.48. The lowest BCUT2D eigenvalue weighted by molar-refractivity contribution is -0.135. The third kappa shape index (κ3) is 18.9. The highest BCUT2D eigenvalue weighted by molar-refractivity contribution is 7.85. The molecule has 0 amide bonds. The summed E-state index contributed by atoms with van der Waals surface area (Å²) in [5.41, 5.74) is 0. The Balaban J connectivity index is 0.000000604. The van der Waals surface area contributed by atoms with Gasteiger partial charge in [0.1, 0.15) is 0 Å². The lowest BCUT2D eigenvalue weighted by atomic mass is 10.1. The van der Waals surface area contributed by atoms with Crippen molar-refractivity contribution in [2.45, 2.75) is 51.1 Å². The molecule has 1 heterocycles. The minimum atomic E-state index is -4.08. The maximum atomic E-state index is 11.7. The van der Waals surface area contributed by atoms with Gasteiger partial charge in [-0.3, -0.25) is 9.54 Å². The molecule has 0 aliphatic heterocycles. The fraction of sp³-hybridized carbons (Fsp3) is 0.643. The minimum absolute atomic E-state index is 0.127. The van der Waals surface area contributed by atoms with Crippen molar-refractivity contribution in [2.24, 2.45) is 0 Å². The number of pyridine rings is 1. The SMILES string of the molecule is O=S(=O)(O)CCCCCCCCC(F)(F)F.c1ccncc1. The van der Waals surface area contributed by atoms with Gasteiger partial charge in [-0.15, -0.1) is 0 Å². The molecule has 1 aromatic rings. The van der Waals surface area contributed by atoms with Gasteiger partial charge in [0, 0.05) is 18.8 Å². The second-order valence-electron chi connectivity index (χ2n) is 4.80. The number of rotatable bonds is 8. The van der Waals surface area contributed by atoms with Crippen LogP contribution in [0.1, 0.15) is 44.9 Å². The van der Waals surface area contributed by atoms with E-state index in [-0.39, 0.29) is 12.2 Å². The second kappa shape index (κ2) is 11.4. The molecule has 0 aromatic carbocycles. The van der Waals surface area contributed by atoms with E-state index in [4.69, 9.17) is 4.55 Å². The van der Waals surface area contributed by atoms with Crippen LogP contribution in [0, 0.1) is 0 Å². The fourth-order valence-corrected chi connectivity index (χ4v) is 2.20. The molecule has 1 aromatic heterocycles. The van der Waals surface area contributed by atoms with Crippen LogP contribution in [0.3, 0.4) is 0 Å². The van der Waals surface area contributed by atoms with E-state index in [9.17, 15) is 21.6 Å². The minimum Gasteiger partial charge on any atom is -0.286 e. The lowest BCUT2D eigenvalue weighted by Gasteiger charge is -2.05. The molecule has 0 saturated heterocycles. The molecular weight excluding hydrogens is 319 g/mol. The molecule has 1 rings (SSSR count). The first-order chi connectivity index (χ1) is 10.2. The molecule has 128 valence electrons. The summed E-state index contributed by atoms with van der Waals surface area (Å²) < 4.78 is 64.2. The maximum absolute atomic E-state index is 11.7. The van der Waals surface area contributed by atoms with E-state index in [0.29, 0.717) is 32.1 Å². The monoisotopic (exact) mass is 341 g/mol. The number of hydrogen-bond donors (Lipinski definition) is 1. The van der Waals surface area contributed by atoms with Crippen LogP contribution in [0.25, 0.3) is 0 Å². The second-order valence-corrected chi connectivity index (χ2v) is 6.37. The number of unbranched alkanes of at least 4 members (excludes halogenated alkanes) is 5. The number of nitrogens with zero attached hydrogens (tertiary/aromatic N) is 1. The molecule has 4 nitrogen and oxygen atoms in total. The van der Waals surface area contributed by atoms with Gasteiger partial charge in [-0.1, -0.05) is 31.7 Å². The predicted molar refractivity (Wildman–Crippen MR) is 79.0 cm³/mol. The molecule has 0 spiro atoms. The van der Waals surface area contributed by atoms with Crippen LogP contribution < -0.4 is 0 Å². The van der Waals surface area contributed by atoms with Crippen molar-refractivity contribution in [1.29, 1.82) is 0 Å². The lowest BCUT2D eigenvalue weighted by Crippen LogP contribution is -2.06. The molecular formula is C14H22F3NO3S. The Morgan fingerprint density at radius 2 is 1.36 bits per heavy atom. The predicted octanol–water partition coefficient (Wildman–Crippen LogP) is 4.25. The van der Waals surface area contributed by atoms with Gasteiger partial charge in [-0.25, -0.2) is 0 Å². The highest BCUT2D eigenvalue weighted by Gasteiger charge is 2.25. The molecule has 1 N–H and O–H groups in total. The Kier molecular flexibility index (Phi) is 10.8. The van der Waals surface area contributed by atoms with Gasteiger partial charge in [0.25, 0.3) is 10.1 Å². The van der Waals surface area contributed by atoms with Gasteiger partial charge >= 0.3 is 6.18 Å². The summed E-state index contributed by atoms with van der Waals surface area (Å²) in [6, 6.07) is 5.72. The summed E-state index contributed by atoms with van der Waals surface area (Å²) in [6.45, 7) is 0. The first-order valence-corrected chi connectivity index (χ1v) is 8.68. The third-order valence-electron chi connectivity index (χ3n) is 2.68. The van der Waals surface area contributed by atoms with Crippen molar-refractivity contribution >= 4 is 10.1 Å². The van der Waals surface area contributed by atoms with E-state index in [2.05, 4.69) is 4.98 Å². The van der Waals surface area contributed by atoms with Gasteiger partial charge < -0.3 is 0 Å². The standard InChI is InChI=1S/C9H17F3O3S.C5H5N/c10-9(11,12)7-5-3-1-2-4-6-8-16(13,14)15;1-2-4-6-5-3-1/h1-8H2,(H,13,14,15);1-5H. The summed E-state index contributed by atoms with van der Waals surface area (Å²) in [5, 5.41) is 0. The van der Waals surface area contributed by atoms with E-state index >= 15 is 0 Å². The summed E-state index contributed by atoms with van der Waals surface area (Å²) in [7, 11) is -3.89. The van der Waals surface area contributed by atoms with Gasteiger partial charge in [0.15, 0.2) is 0 Å². The van der Waals surface area contributed by atoms with Gasteiger partial charge in [0.2, 0.25) is 0 Å². The highest BCUT2D eigenvalue weighted by atomic mass is 32.2. The van der Waals surface area contributed by atoms with E-state index in [1.165, 1.54) is 0 Å². The van der Waals surface area contributed by atoms with Crippen LogP contribution >= 0.6 is 0 Å². The van der Waals surface area contributed by atoms with Gasteiger partial charge in [0.05, 0.1) is 5.75 Å². The van der Waals surface area contributed by atoms with Crippen molar-refractivity contribution in [3.05, 3.63) is 30.6 Å². The molecule has 0 aliphatic rings. The van der Waals surface area contributed by atoms with E-state index < -0.39 is 22.7 Å². The van der Waals surface area contributed by atoms with Crippen molar-refractivity contribution in [1.82, 2.24) is 4.98 Å². The van der Waals surface area contributed by atoms with E-state index in [1.54, 1.807) is 12.4 Å².